The molecule has 0 bridgehead atoms. The first kappa shape index (κ1) is 14.6. The van der Waals surface area contributed by atoms with Crippen molar-refractivity contribution in [1.29, 1.82) is 0 Å². The van der Waals surface area contributed by atoms with Gasteiger partial charge in [0.05, 0.1) is 0 Å². The van der Waals surface area contributed by atoms with E-state index in [1.165, 1.54) is 16.7 Å². The van der Waals surface area contributed by atoms with E-state index >= 15 is 0 Å². The Morgan fingerprint density at radius 2 is 1.60 bits per heavy atom. The Balaban J connectivity index is 2.49. The topological polar surface area (TPSA) is 20.2 Å². The second kappa shape index (κ2) is 5.32. The van der Waals surface area contributed by atoms with Gasteiger partial charge in [0.1, 0.15) is 5.75 Å². The molecule has 0 fully saturated rings. The lowest BCUT2D eigenvalue weighted by Crippen LogP contribution is -2.13. The van der Waals surface area contributed by atoms with E-state index in [1.807, 2.05) is 13.0 Å². The molecule has 0 aliphatic rings. The summed E-state index contributed by atoms with van der Waals surface area (Å²) in [5.74, 6) is 0.453. The van der Waals surface area contributed by atoms with Crippen LogP contribution < -0.4 is 0 Å². The number of phenolic OH excluding ortho intramolecular Hbond substituents is 1. The molecule has 0 spiro atoms. The second-order valence-corrected chi connectivity index (χ2v) is 6.61. The van der Waals surface area contributed by atoms with E-state index in [4.69, 9.17) is 0 Å². The fourth-order valence-electron chi connectivity index (χ4n) is 2.66. The predicted octanol–water partition coefficient (Wildman–Crippen LogP) is 4.90. The smallest absolute Gasteiger partial charge is 0.122 e. The van der Waals surface area contributed by atoms with Gasteiger partial charge in [0.2, 0.25) is 0 Å². The molecule has 0 heterocycles. The van der Waals surface area contributed by atoms with Gasteiger partial charge in [0.25, 0.3) is 0 Å². The Labute approximate surface area is 122 Å². The number of phenols is 1. The van der Waals surface area contributed by atoms with Gasteiger partial charge in [0.15, 0.2) is 0 Å². The van der Waals surface area contributed by atoms with E-state index in [-0.39, 0.29) is 5.41 Å². The van der Waals surface area contributed by atoms with Crippen LogP contribution in [0.5, 0.6) is 5.75 Å². The van der Waals surface area contributed by atoms with E-state index < -0.39 is 0 Å². The number of rotatable bonds is 2. The molecule has 0 aliphatic carbocycles. The van der Waals surface area contributed by atoms with Gasteiger partial charge >= 0.3 is 0 Å². The van der Waals surface area contributed by atoms with Gasteiger partial charge in [-0.3, -0.25) is 0 Å². The minimum absolute atomic E-state index is 0.0368. The average molecular weight is 268 g/mol. The van der Waals surface area contributed by atoms with Gasteiger partial charge in [0, 0.05) is 0 Å². The summed E-state index contributed by atoms with van der Waals surface area (Å²) in [5, 5.41) is 10.5. The van der Waals surface area contributed by atoms with Gasteiger partial charge < -0.3 is 5.11 Å². The highest BCUT2D eigenvalue weighted by atomic mass is 16.3. The Hall–Kier alpha value is -1.76. The number of benzene rings is 2. The van der Waals surface area contributed by atoms with E-state index in [9.17, 15) is 5.11 Å². The maximum Gasteiger partial charge on any atom is 0.122 e. The minimum atomic E-state index is -0.0368. The van der Waals surface area contributed by atoms with Crippen LogP contribution in [-0.4, -0.2) is 5.11 Å². The Kier molecular flexibility index (Phi) is 3.89. The third kappa shape index (κ3) is 2.87. The molecule has 1 nitrogen and oxygen atoms in total. The second-order valence-electron chi connectivity index (χ2n) is 6.61. The zero-order chi connectivity index (χ0) is 14.9. The number of hydrogen-bond donors (Lipinski definition) is 1. The molecule has 2 aromatic rings. The van der Waals surface area contributed by atoms with Gasteiger partial charge in [-0.2, -0.15) is 0 Å². The van der Waals surface area contributed by atoms with Gasteiger partial charge in [-0.15, -0.1) is 0 Å². The molecule has 0 aromatic heterocycles. The fourth-order valence-corrected chi connectivity index (χ4v) is 2.66. The number of aromatic hydroxyl groups is 1. The summed E-state index contributed by atoms with van der Waals surface area (Å²) < 4.78 is 0. The lowest BCUT2D eigenvalue weighted by Gasteiger charge is -2.24. The van der Waals surface area contributed by atoms with Crippen LogP contribution in [0, 0.1) is 13.8 Å². The van der Waals surface area contributed by atoms with Crippen molar-refractivity contribution in [1.82, 2.24) is 0 Å². The SMILES string of the molecule is Cc1cc(C(C)(C)C)c(O)c(C)c1Cc1ccccc1. The lowest BCUT2D eigenvalue weighted by molar-refractivity contribution is 0.441. The summed E-state index contributed by atoms with van der Waals surface area (Å²) in [6.45, 7) is 10.6. The molecule has 0 unspecified atom stereocenters. The summed E-state index contributed by atoms with van der Waals surface area (Å²) in [4.78, 5) is 0. The average Bonchev–Trinajstić information content (AvgIpc) is 2.39. The molecule has 0 aliphatic heterocycles. The first-order chi connectivity index (χ1) is 9.30. The van der Waals surface area contributed by atoms with Gasteiger partial charge in [-0.25, -0.2) is 0 Å². The molecule has 0 amide bonds. The van der Waals surface area contributed by atoms with Crippen LogP contribution in [0.3, 0.4) is 0 Å². The summed E-state index contributed by atoms with van der Waals surface area (Å²) in [5.41, 5.74) is 5.78. The van der Waals surface area contributed by atoms with Crippen molar-refractivity contribution in [3.63, 3.8) is 0 Å². The van der Waals surface area contributed by atoms with E-state index in [1.54, 1.807) is 0 Å². The number of aryl methyl sites for hydroxylation is 1. The highest BCUT2D eigenvalue weighted by molar-refractivity contribution is 5.52. The summed E-state index contributed by atoms with van der Waals surface area (Å²) in [7, 11) is 0. The van der Waals surface area contributed by atoms with Crippen molar-refractivity contribution >= 4 is 0 Å². The molecule has 0 radical (unpaired) electrons. The molecule has 0 saturated carbocycles. The maximum atomic E-state index is 10.5. The molecule has 1 heteroatoms. The molecule has 2 rings (SSSR count). The van der Waals surface area contributed by atoms with Gasteiger partial charge in [-0.1, -0.05) is 57.2 Å². The van der Waals surface area contributed by atoms with Crippen molar-refractivity contribution in [2.24, 2.45) is 0 Å². The van der Waals surface area contributed by atoms with Gasteiger partial charge in [-0.05, 0) is 53.5 Å². The fraction of sp³-hybridized carbons (Fsp3) is 0.368. The van der Waals surface area contributed by atoms with Crippen LogP contribution in [0.4, 0.5) is 0 Å². The Morgan fingerprint density at radius 1 is 1.00 bits per heavy atom. The number of hydrogen-bond acceptors (Lipinski definition) is 1. The minimum Gasteiger partial charge on any atom is -0.507 e. The monoisotopic (exact) mass is 268 g/mol. The maximum absolute atomic E-state index is 10.5. The van der Waals surface area contributed by atoms with Crippen LogP contribution in [0.2, 0.25) is 0 Å². The largest absolute Gasteiger partial charge is 0.507 e. The summed E-state index contributed by atoms with van der Waals surface area (Å²) in [6, 6.07) is 12.6. The molecule has 0 atom stereocenters. The third-order valence-electron chi connectivity index (χ3n) is 3.93. The van der Waals surface area contributed by atoms with E-state index in [0.29, 0.717) is 5.75 Å². The highest BCUT2D eigenvalue weighted by Crippen LogP contribution is 2.36. The Bertz CT molecular complexity index is 604. The van der Waals surface area contributed by atoms with E-state index in [0.717, 1.165) is 17.5 Å². The molecule has 2 aromatic carbocycles. The van der Waals surface area contributed by atoms with Crippen molar-refractivity contribution in [2.45, 2.75) is 46.5 Å². The molecular formula is C19H24O. The zero-order valence-electron chi connectivity index (χ0n) is 13.1. The molecule has 1 N–H and O–H groups in total. The van der Waals surface area contributed by atoms with Crippen molar-refractivity contribution in [3.8, 4) is 5.75 Å². The molecule has 20 heavy (non-hydrogen) atoms. The van der Waals surface area contributed by atoms with Crippen LogP contribution >= 0.6 is 0 Å². The van der Waals surface area contributed by atoms with Crippen molar-refractivity contribution in [3.05, 3.63) is 64.2 Å². The van der Waals surface area contributed by atoms with E-state index in [2.05, 4.69) is 58.0 Å². The first-order valence-electron chi connectivity index (χ1n) is 7.17. The molecule has 0 saturated heterocycles. The zero-order valence-corrected chi connectivity index (χ0v) is 13.1. The highest BCUT2D eigenvalue weighted by Gasteiger charge is 2.22. The third-order valence-corrected chi connectivity index (χ3v) is 3.93. The molecule has 106 valence electrons. The van der Waals surface area contributed by atoms with Crippen molar-refractivity contribution < 1.29 is 5.11 Å². The van der Waals surface area contributed by atoms with Crippen molar-refractivity contribution in [2.75, 3.05) is 0 Å². The van der Waals surface area contributed by atoms with Crippen LogP contribution in [0.1, 0.15) is 48.6 Å². The van der Waals surface area contributed by atoms with Crippen LogP contribution in [0.25, 0.3) is 0 Å². The van der Waals surface area contributed by atoms with Crippen LogP contribution in [-0.2, 0) is 11.8 Å². The molecular weight excluding hydrogens is 244 g/mol. The Morgan fingerprint density at radius 3 is 2.15 bits per heavy atom. The lowest BCUT2D eigenvalue weighted by atomic mass is 9.82. The predicted molar refractivity (Wildman–Crippen MR) is 85.5 cm³/mol. The standard InChI is InChI=1S/C19H24O/c1-13-11-17(19(3,4)5)18(20)14(2)16(13)12-15-9-7-6-8-10-15/h6-11,20H,12H2,1-5H3. The summed E-state index contributed by atoms with van der Waals surface area (Å²) in [6.07, 6.45) is 0.872. The normalized spacial score (nSPS) is 11.7. The first-order valence-corrected chi connectivity index (χ1v) is 7.17. The van der Waals surface area contributed by atoms with Crippen LogP contribution in [0.15, 0.2) is 36.4 Å². The quantitative estimate of drug-likeness (QED) is 0.821. The summed E-state index contributed by atoms with van der Waals surface area (Å²) >= 11 is 0.